The molecular weight excluding hydrogens is 340 g/mol. The third-order valence-electron chi connectivity index (χ3n) is 4.75. The standard InChI is InChI=1S/C22H22N2O3/c1-14-11-17(19-5-3-4-6-20(19)23-14)13-26-18-9-7-16(8-10-18)22-12-21(15(2)25)24-27-22/h3-11,15,22,25H,12-13H2,1-2H3. The molecule has 0 fully saturated rings. The van der Waals surface area contributed by atoms with Gasteiger partial charge in [-0.3, -0.25) is 4.98 Å². The summed E-state index contributed by atoms with van der Waals surface area (Å²) in [6.07, 6.45) is -0.105. The molecule has 2 atom stereocenters. The van der Waals surface area contributed by atoms with Crippen LogP contribution < -0.4 is 4.74 Å². The Hall–Kier alpha value is -2.92. The molecule has 2 aromatic carbocycles. The second-order valence-electron chi connectivity index (χ2n) is 6.85. The second-order valence-corrected chi connectivity index (χ2v) is 6.85. The van der Waals surface area contributed by atoms with Gasteiger partial charge in [0.25, 0.3) is 0 Å². The van der Waals surface area contributed by atoms with E-state index in [2.05, 4.69) is 22.3 Å². The topological polar surface area (TPSA) is 63.9 Å². The molecule has 2 unspecified atom stereocenters. The largest absolute Gasteiger partial charge is 0.489 e. The summed E-state index contributed by atoms with van der Waals surface area (Å²) in [4.78, 5) is 9.99. The number of para-hydroxylation sites is 1. The summed E-state index contributed by atoms with van der Waals surface area (Å²) in [5.41, 5.74) is 4.79. The number of benzene rings is 2. The van der Waals surface area contributed by atoms with E-state index in [1.807, 2.05) is 49.4 Å². The zero-order valence-corrected chi connectivity index (χ0v) is 15.4. The van der Waals surface area contributed by atoms with Gasteiger partial charge < -0.3 is 14.7 Å². The van der Waals surface area contributed by atoms with Crippen LogP contribution >= 0.6 is 0 Å². The van der Waals surface area contributed by atoms with Gasteiger partial charge in [0, 0.05) is 23.1 Å². The number of hydrogen-bond donors (Lipinski definition) is 1. The van der Waals surface area contributed by atoms with Crippen molar-refractivity contribution in [2.24, 2.45) is 5.16 Å². The van der Waals surface area contributed by atoms with Crippen LogP contribution in [0.5, 0.6) is 5.75 Å². The lowest BCUT2D eigenvalue weighted by atomic mass is 10.0. The fraction of sp³-hybridized carbons (Fsp3) is 0.273. The molecule has 5 heteroatoms. The van der Waals surface area contributed by atoms with E-state index in [4.69, 9.17) is 9.57 Å². The minimum absolute atomic E-state index is 0.143. The molecule has 1 aliphatic rings. The molecule has 27 heavy (non-hydrogen) atoms. The Kier molecular flexibility index (Phi) is 4.77. The molecule has 5 nitrogen and oxygen atoms in total. The SMILES string of the molecule is Cc1cc(COc2ccc(C3CC(C(C)O)=NO3)cc2)c2ccccc2n1. The monoisotopic (exact) mass is 362 g/mol. The van der Waals surface area contributed by atoms with Gasteiger partial charge in [0.15, 0.2) is 6.10 Å². The van der Waals surface area contributed by atoms with E-state index in [0.717, 1.165) is 33.5 Å². The highest BCUT2D eigenvalue weighted by Gasteiger charge is 2.25. The van der Waals surface area contributed by atoms with Gasteiger partial charge >= 0.3 is 0 Å². The summed E-state index contributed by atoms with van der Waals surface area (Å²) in [7, 11) is 0. The number of aromatic nitrogens is 1. The Morgan fingerprint density at radius 2 is 1.96 bits per heavy atom. The first-order valence-corrected chi connectivity index (χ1v) is 9.09. The van der Waals surface area contributed by atoms with E-state index in [1.165, 1.54) is 0 Å². The number of aliphatic hydroxyl groups is 1. The zero-order chi connectivity index (χ0) is 18.8. The summed E-state index contributed by atoms with van der Waals surface area (Å²) < 4.78 is 5.99. The Morgan fingerprint density at radius 1 is 1.19 bits per heavy atom. The van der Waals surface area contributed by atoms with Crippen molar-refractivity contribution in [3.63, 3.8) is 0 Å². The van der Waals surface area contributed by atoms with Gasteiger partial charge in [-0.1, -0.05) is 35.5 Å². The van der Waals surface area contributed by atoms with Crippen LogP contribution in [0.25, 0.3) is 10.9 Å². The maximum Gasteiger partial charge on any atom is 0.158 e. The first-order chi connectivity index (χ1) is 13.1. The lowest BCUT2D eigenvalue weighted by molar-refractivity contribution is 0.0855. The molecule has 0 saturated carbocycles. The molecule has 1 aliphatic heterocycles. The van der Waals surface area contributed by atoms with Crippen molar-refractivity contribution in [3.8, 4) is 5.75 Å². The van der Waals surface area contributed by atoms with E-state index < -0.39 is 6.10 Å². The molecule has 0 amide bonds. The normalized spacial score (nSPS) is 17.4. The Balaban J connectivity index is 1.44. The second kappa shape index (κ2) is 7.37. The summed E-state index contributed by atoms with van der Waals surface area (Å²) in [5, 5.41) is 14.7. The van der Waals surface area contributed by atoms with Crippen LogP contribution in [-0.2, 0) is 11.4 Å². The molecule has 2 heterocycles. The number of fused-ring (bicyclic) bond motifs is 1. The van der Waals surface area contributed by atoms with Crippen LogP contribution in [0.4, 0.5) is 0 Å². The summed E-state index contributed by atoms with van der Waals surface area (Å²) in [6.45, 7) is 4.18. The molecule has 1 N–H and O–H groups in total. The summed E-state index contributed by atoms with van der Waals surface area (Å²) in [5.74, 6) is 0.798. The van der Waals surface area contributed by atoms with E-state index in [0.29, 0.717) is 18.7 Å². The average Bonchev–Trinajstić information content (AvgIpc) is 3.17. The molecular formula is C22H22N2O3. The minimum atomic E-state index is -0.573. The average molecular weight is 362 g/mol. The fourth-order valence-corrected chi connectivity index (χ4v) is 3.28. The summed E-state index contributed by atoms with van der Waals surface area (Å²) in [6, 6.07) is 18.0. The van der Waals surface area contributed by atoms with Gasteiger partial charge in [-0.05, 0) is 43.7 Å². The van der Waals surface area contributed by atoms with Crippen molar-refractivity contribution in [2.45, 2.75) is 39.1 Å². The van der Waals surface area contributed by atoms with E-state index in [-0.39, 0.29) is 6.10 Å². The zero-order valence-electron chi connectivity index (χ0n) is 15.4. The Labute approximate surface area is 158 Å². The van der Waals surface area contributed by atoms with Crippen molar-refractivity contribution in [1.29, 1.82) is 0 Å². The van der Waals surface area contributed by atoms with Crippen LogP contribution in [0.15, 0.2) is 59.8 Å². The van der Waals surface area contributed by atoms with Crippen molar-refractivity contribution >= 4 is 16.6 Å². The lowest BCUT2D eigenvalue weighted by Crippen LogP contribution is -2.14. The van der Waals surface area contributed by atoms with Gasteiger partial charge in [-0.15, -0.1) is 0 Å². The molecule has 0 aliphatic carbocycles. The lowest BCUT2D eigenvalue weighted by Gasteiger charge is -2.12. The van der Waals surface area contributed by atoms with Gasteiger partial charge in [-0.2, -0.15) is 0 Å². The first kappa shape index (κ1) is 17.5. The van der Waals surface area contributed by atoms with Crippen LogP contribution in [-0.4, -0.2) is 21.9 Å². The van der Waals surface area contributed by atoms with Crippen molar-refractivity contribution in [1.82, 2.24) is 4.98 Å². The van der Waals surface area contributed by atoms with Gasteiger partial charge in [0.05, 0.1) is 17.3 Å². The number of rotatable bonds is 5. The maximum atomic E-state index is 9.60. The number of ether oxygens (including phenoxy) is 1. The predicted molar refractivity (Wildman–Crippen MR) is 105 cm³/mol. The van der Waals surface area contributed by atoms with Gasteiger partial charge in [0.2, 0.25) is 0 Å². The molecule has 138 valence electrons. The van der Waals surface area contributed by atoms with E-state index in [9.17, 15) is 5.11 Å². The highest BCUT2D eigenvalue weighted by atomic mass is 16.6. The van der Waals surface area contributed by atoms with Crippen LogP contribution in [0.1, 0.15) is 36.3 Å². The number of nitrogens with zero attached hydrogens (tertiary/aromatic N) is 2. The van der Waals surface area contributed by atoms with Crippen molar-refractivity contribution in [3.05, 3.63) is 71.4 Å². The molecule has 0 radical (unpaired) electrons. The highest BCUT2D eigenvalue weighted by Crippen LogP contribution is 2.29. The van der Waals surface area contributed by atoms with Crippen LogP contribution in [0.3, 0.4) is 0 Å². The molecule has 0 spiro atoms. The number of oxime groups is 1. The Bertz CT molecular complexity index is 981. The summed E-state index contributed by atoms with van der Waals surface area (Å²) >= 11 is 0. The third kappa shape index (κ3) is 3.78. The molecule has 0 bridgehead atoms. The van der Waals surface area contributed by atoms with Crippen LogP contribution in [0.2, 0.25) is 0 Å². The maximum absolute atomic E-state index is 9.60. The third-order valence-corrected chi connectivity index (χ3v) is 4.75. The number of aryl methyl sites for hydroxylation is 1. The Morgan fingerprint density at radius 3 is 2.70 bits per heavy atom. The van der Waals surface area contributed by atoms with Crippen LogP contribution in [0, 0.1) is 6.92 Å². The van der Waals surface area contributed by atoms with Crippen molar-refractivity contribution in [2.75, 3.05) is 0 Å². The first-order valence-electron chi connectivity index (χ1n) is 9.09. The van der Waals surface area contributed by atoms with Crippen molar-refractivity contribution < 1.29 is 14.7 Å². The fourth-order valence-electron chi connectivity index (χ4n) is 3.28. The number of pyridine rings is 1. The van der Waals surface area contributed by atoms with E-state index in [1.54, 1.807) is 6.92 Å². The van der Waals surface area contributed by atoms with E-state index >= 15 is 0 Å². The van der Waals surface area contributed by atoms with Gasteiger partial charge in [0.1, 0.15) is 12.4 Å². The van der Waals surface area contributed by atoms with Gasteiger partial charge in [-0.25, -0.2) is 0 Å². The number of hydrogen-bond acceptors (Lipinski definition) is 5. The molecule has 4 rings (SSSR count). The molecule has 3 aromatic rings. The minimum Gasteiger partial charge on any atom is -0.489 e. The smallest absolute Gasteiger partial charge is 0.158 e. The highest BCUT2D eigenvalue weighted by molar-refractivity contribution is 5.89. The molecule has 0 saturated heterocycles. The molecule has 1 aromatic heterocycles. The predicted octanol–water partition coefficient (Wildman–Crippen LogP) is 4.32. The number of aliphatic hydroxyl groups excluding tert-OH is 1. The quantitative estimate of drug-likeness (QED) is 0.734.